The molecular formula is C13H20N2O4S. The second-order valence-corrected chi connectivity index (χ2v) is 6.95. The van der Waals surface area contributed by atoms with Crippen LogP contribution in [0.4, 0.5) is 11.4 Å². The van der Waals surface area contributed by atoms with E-state index in [-0.39, 0.29) is 12.4 Å². The van der Waals surface area contributed by atoms with Crippen LogP contribution in [0.3, 0.4) is 0 Å². The normalized spacial score (nSPS) is 12.9. The van der Waals surface area contributed by atoms with Crippen molar-refractivity contribution in [2.45, 2.75) is 19.1 Å². The Morgan fingerprint density at radius 1 is 1.45 bits per heavy atom. The van der Waals surface area contributed by atoms with Gasteiger partial charge in [-0.1, -0.05) is 6.07 Å². The number of amides is 1. The van der Waals surface area contributed by atoms with Gasteiger partial charge < -0.3 is 15.8 Å². The van der Waals surface area contributed by atoms with Crippen LogP contribution in [0, 0.1) is 6.92 Å². The third-order valence-electron chi connectivity index (χ3n) is 3.11. The number of sulfone groups is 1. The lowest BCUT2D eigenvalue weighted by atomic mass is 10.1. The Morgan fingerprint density at radius 3 is 2.70 bits per heavy atom. The largest absolute Gasteiger partial charge is 0.398 e. The second-order valence-electron chi connectivity index (χ2n) is 4.51. The quantitative estimate of drug-likeness (QED) is 0.763. The van der Waals surface area contributed by atoms with Crippen LogP contribution in [-0.2, 0) is 19.4 Å². The van der Waals surface area contributed by atoms with Crippen molar-refractivity contribution < 1.29 is 17.9 Å². The van der Waals surface area contributed by atoms with E-state index in [2.05, 4.69) is 5.32 Å². The van der Waals surface area contributed by atoms with E-state index in [0.29, 0.717) is 16.9 Å². The number of nitrogen functional groups attached to an aromatic ring is 1. The fourth-order valence-corrected chi connectivity index (χ4v) is 2.70. The molecule has 112 valence electrons. The Labute approximate surface area is 119 Å². The summed E-state index contributed by atoms with van der Waals surface area (Å²) >= 11 is 0. The molecule has 1 aromatic rings. The summed E-state index contributed by atoms with van der Waals surface area (Å²) in [4.78, 5) is 12.0. The van der Waals surface area contributed by atoms with Crippen LogP contribution in [-0.4, -0.2) is 39.0 Å². The third kappa shape index (κ3) is 3.94. The molecule has 0 bridgehead atoms. The number of carbonyl (C=O) groups excluding carboxylic acids is 1. The molecule has 1 rings (SSSR count). The number of hydrogen-bond donors (Lipinski definition) is 2. The lowest BCUT2D eigenvalue weighted by Gasteiger charge is -2.15. The molecule has 0 heterocycles. The summed E-state index contributed by atoms with van der Waals surface area (Å²) in [6.07, 6.45) is 0. The molecule has 1 aromatic carbocycles. The van der Waals surface area contributed by atoms with Crippen molar-refractivity contribution in [2.24, 2.45) is 0 Å². The molecule has 0 saturated heterocycles. The van der Waals surface area contributed by atoms with Gasteiger partial charge >= 0.3 is 0 Å². The zero-order valence-electron chi connectivity index (χ0n) is 11.8. The molecule has 1 amide bonds. The third-order valence-corrected chi connectivity index (χ3v) is 5.14. The summed E-state index contributed by atoms with van der Waals surface area (Å²) in [5.74, 6) is -0.761. The van der Waals surface area contributed by atoms with Gasteiger partial charge in [-0.2, -0.15) is 0 Å². The molecule has 6 nitrogen and oxygen atoms in total. The number of methoxy groups -OCH3 is 1. The zero-order valence-corrected chi connectivity index (χ0v) is 12.7. The number of nitrogens with two attached hydrogens (primary N) is 1. The summed E-state index contributed by atoms with van der Waals surface area (Å²) in [6, 6.07) is 5.09. The van der Waals surface area contributed by atoms with E-state index in [1.54, 1.807) is 25.1 Å². The first kappa shape index (κ1) is 16.5. The van der Waals surface area contributed by atoms with Gasteiger partial charge in [-0.05, 0) is 31.5 Å². The van der Waals surface area contributed by atoms with Crippen molar-refractivity contribution >= 4 is 27.1 Å². The average molecular weight is 300 g/mol. The van der Waals surface area contributed by atoms with Crippen LogP contribution in [0.5, 0.6) is 0 Å². The van der Waals surface area contributed by atoms with Gasteiger partial charge in [0, 0.05) is 18.5 Å². The summed E-state index contributed by atoms with van der Waals surface area (Å²) in [6.45, 7) is 3.19. The molecular weight excluding hydrogens is 280 g/mol. The first-order chi connectivity index (χ1) is 9.29. The Hall–Kier alpha value is -1.60. The molecule has 0 radical (unpaired) electrons. The van der Waals surface area contributed by atoms with E-state index in [0.717, 1.165) is 0 Å². The van der Waals surface area contributed by atoms with Crippen molar-refractivity contribution in [3.05, 3.63) is 23.8 Å². The van der Waals surface area contributed by atoms with Crippen LogP contribution >= 0.6 is 0 Å². The van der Waals surface area contributed by atoms with E-state index in [4.69, 9.17) is 10.5 Å². The Balaban J connectivity index is 2.83. The van der Waals surface area contributed by atoms with Gasteiger partial charge in [-0.3, -0.25) is 4.79 Å². The van der Waals surface area contributed by atoms with Crippen molar-refractivity contribution in [2.75, 3.05) is 30.5 Å². The fourth-order valence-electron chi connectivity index (χ4n) is 1.56. The Morgan fingerprint density at radius 2 is 2.10 bits per heavy atom. The standard InChI is InChI=1S/C13H20N2O4S/c1-9-11(14)5-4-6-12(9)15-13(16)10(2)20(17,18)8-7-19-3/h4-6,10H,7-8,14H2,1-3H3,(H,15,16). The number of benzene rings is 1. The van der Waals surface area contributed by atoms with Crippen molar-refractivity contribution in [3.63, 3.8) is 0 Å². The highest BCUT2D eigenvalue weighted by Crippen LogP contribution is 2.21. The van der Waals surface area contributed by atoms with Gasteiger partial charge in [0.1, 0.15) is 5.25 Å². The van der Waals surface area contributed by atoms with Crippen LogP contribution in [0.1, 0.15) is 12.5 Å². The van der Waals surface area contributed by atoms with Gasteiger partial charge in [0.05, 0.1) is 12.4 Å². The molecule has 3 N–H and O–H groups in total. The predicted octanol–water partition coefficient (Wildman–Crippen LogP) is 0.965. The first-order valence-electron chi connectivity index (χ1n) is 6.16. The van der Waals surface area contributed by atoms with E-state index < -0.39 is 21.0 Å². The first-order valence-corrected chi connectivity index (χ1v) is 7.87. The number of ether oxygens (including phenoxy) is 1. The monoisotopic (exact) mass is 300 g/mol. The molecule has 0 spiro atoms. The highest BCUT2D eigenvalue weighted by molar-refractivity contribution is 7.92. The molecule has 0 aromatic heterocycles. The summed E-state index contributed by atoms with van der Waals surface area (Å²) in [7, 11) is -2.12. The van der Waals surface area contributed by atoms with Crippen LogP contribution in [0.2, 0.25) is 0 Å². The lowest BCUT2D eigenvalue weighted by molar-refractivity contribution is -0.115. The smallest absolute Gasteiger partial charge is 0.242 e. The zero-order chi connectivity index (χ0) is 15.3. The van der Waals surface area contributed by atoms with Crippen molar-refractivity contribution in [1.29, 1.82) is 0 Å². The van der Waals surface area contributed by atoms with Crippen LogP contribution < -0.4 is 11.1 Å². The predicted molar refractivity (Wildman–Crippen MR) is 79.3 cm³/mol. The van der Waals surface area contributed by atoms with Crippen molar-refractivity contribution in [1.82, 2.24) is 0 Å². The minimum Gasteiger partial charge on any atom is -0.398 e. The molecule has 1 unspecified atom stereocenters. The van der Waals surface area contributed by atoms with Gasteiger partial charge in [0.2, 0.25) is 5.91 Å². The summed E-state index contributed by atoms with van der Waals surface area (Å²) < 4.78 is 28.5. The second kappa shape index (κ2) is 6.71. The molecule has 0 saturated carbocycles. The van der Waals surface area contributed by atoms with E-state index in [9.17, 15) is 13.2 Å². The molecule has 0 aliphatic heterocycles. The number of anilines is 2. The molecule has 20 heavy (non-hydrogen) atoms. The molecule has 0 aliphatic rings. The number of hydrogen-bond acceptors (Lipinski definition) is 5. The SMILES string of the molecule is COCCS(=O)(=O)C(C)C(=O)Nc1cccc(N)c1C. The van der Waals surface area contributed by atoms with Gasteiger partial charge in [-0.25, -0.2) is 8.42 Å². The lowest BCUT2D eigenvalue weighted by Crippen LogP contribution is -2.35. The molecule has 0 aliphatic carbocycles. The van der Waals surface area contributed by atoms with Gasteiger partial charge in [-0.15, -0.1) is 0 Å². The fraction of sp³-hybridized carbons (Fsp3) is 0.462. The van der Waals surface area contributed by atoms with Crippen LogP contribution in [0.25, 0.3) is 0 Å². The summed E-state index contributed by atoms with van der Waals surface area (Å²) in [5, 5.41) is 1.45. The van der Waals surface area contributed by atoms with E-state index in [1.807, 2.05) is 0 Å². The number of nitrogens with one attached hydrogen (secondary N) is 1. The highest BCUT2D eigenvalue weighted by atomic mass is 32.2. The minimum absolute atomic E-state index is 0.0667. The Bertz CT molecular complexity index is 584. The van der Waals surface area contributed by atoms with E-state index >= 15 is 0 Å². The summed E-state index contributed by atoms with van der Waals surface area (Å²) in [5.41, 5.74) is 7.51. The molecule has 7 heteroatoms. The highest BCUT2D eigenvalue weighted by Gasteiger charge is 2.27. The maximum atomic E-state index is 12.0. The van der Waals surface area contributed by atoms with Crippen LogP contribution in [0.15, 0.2) is 18.2 Å². The maximum absolute atomic E-state index is 12.0. The number of rotatable bonds is 6. The molecule has 1 atom stereocenters. The van der Waals surface area contributed by atoms with Crippen molar-refractivity contribution in [3.8, 4) is 0 Å². The maximum Gasteiger partial charge on any atom is 0.242 e. The minimum atomic E-state index is -3.53. The topological polar surface area (TPSA) is 98.5 Å². The number of carbonyl (C=O) groups is 1. The average Bonchev–Trinajstić information content (AvgIpc) is 2.40. The molecule has 0 fully saturated rings. The Kier molecular flexibility index (Phi) is 5.52. The van der Waals surface area contributed by atoms with Gasteiger partial charge in [0.15, 0.2) is 9.84 Å². The van der Waals surface area contributed by atoms with Gasteiger partial charge in [0.25, 0.3) is 0 Å². The van der Waals surface area contributed by atoms with E-state index in [1.165, 1.54) is 14.0 Å².